The Morgan fingerprint density at radius 2 is 1.47 bits per heavy atom. The number of carbonyl (C=O) groups excluding carboxylic acids is 2. The summed E-state index contributed by atoms with van der Waals surface area (Å²) >= 11 is 6.48. The van der Waals surface area contributed by atoms with E-state index in [1.165, 1.54) is 35.2 Å². The molecule has 0 aromatic heterocycles. The Bertz CT molecular complexity index is 1770. The average Bonchev–Trinajstić information content (AvgIpc) is 3.05. The molecule has 1 N–H and O–H groups in total. The van der Waals surface area contributed by atoms with Crippen molar-refractivity contribution >= 4 is 39.1 Å². The molecule has 12 heteroatoms. The van der Waals surface area contributed by atoms with Crippen LogP contribution in [0.1, 0.15) is 30.5 Å². The lowest BCUT2D eigenvalue weighted by Gasteiger charge is -2.34. The van der Waals surface area contributed by atoms with E-state index in [2.05, 4.69) is 5.32 Å². The number of sulfonamides is 1. The van der Waals surface area contributed by atoms with Gasteiger partial charge in [-0.25, -0.2) is 8.42 Å². The number of hydrogen-bond acceptors (Lipinski definition) is 4. The van der Waals surface area contributed by atoms with Gasteiger partial charge in [0.2, 0.25) is 11.8 Å². The predicted octanol–water partition coefficient (Wildman–Crippen LogP) is 6.97. The fraction of sp³-hybridized carbons (Fsp3) is 0.257. The van der Waals surface area contributed by atoms with Crippen LogP contribution in [0.25, 0.3) is 0 Å². The minimum Gasteiger partial charge on any atom is -0.354 e. The van der Waals surface area contributed by atoms with Gasteiger partial charge in [0.15, 0.2) is 0 Å². The highest BCUT2D eigenvalue weighted by Gasteiger charge is 2.36. The van der Waals surface area contributed by atoms with Gasteiger partial charge in [0, 0.05) is 24.5 Å². The average molecular weight is 686 g/mol. The van der Waals surface area contributed by atoms with Gasteiger partial charge in [0.05, 0.1) is 16.1 Å². The van der Waals surface area contributed by atoms with Crippen LogP contribution in [-0.4, -0.2) is 44.3 Å². The molecule has 0 aliphatic heterocycles. The lowest BCUT2D eigenvalue weighted by Crippen LogP contribution is -2.53. The summed E-state index contributed by atoms with van der Waals surface area (Å²) in [4.78, 5) is 29.3. The van der Waals surface area contributed by atoms with Crippen molar-refractivity contribution in [2.24, 2.45) is 5.92 Å². The normalized spacial score (nSPS) is 12.4. The number of benzene rings is 4. The second kappa shape index (κ2) is 15.5. The number of alkyl halides is 3. The topological polar surface area (TPSA) is 86.8 Å². The van der Waals surface area contributed by atoms with E-state index in [1.54, 1.807) is 54.6 Å². The Morgan fingerprint density at radius 3 is 2.09 bits per heavy atom. The largest absolute Gasteiger partial charge is 0.416 e. The van der Waals surface area contributed by atoms with E-state index in [0.29, 0.717) is 27.5 Å². The van der Waals surface area contributed by atoms with Gasteiger partial charge >= 0.3 is 6.18 Å². The maximum absolute atomic E-state index is 14.5. The SMILES string of the molecule is CC(C)CNC(=O)[C@@H](Cc1ccccc1)N(Cc1ccccc1Cl)C(=O)CN(c1cccc(C(F)(F)F)c1)S(=O)(=O)c1ccccc1. The highest BCUT2D eigenvalue weighted by Crippen LogP contribution is 2.33. The Balaban J connectivity index is 1.84. The predicted molar refractivity (Wildman–Crippen MR) is 176 cm³/mol. The molecule has 0 unspecified atom stereocenters. The second-order valence-electron chi connectivity index (χ2n) is 11.3. The zero-order valence-corrected chi connectivity index (χ0v) is 27.4. The molecule has 0 aliphatic carbocycles. The van der Waals surface area contributed by atoms with Crippen LogP contribution in [0.4, 0.5) is 18.9 Å². The van der Waals surface area contributed by atoms with E-state index in [4.69, 9.17) is 11.6 Å². The second-order valence-corrected chi connectivity index (χ2v) is 13.6. The third-order valence-corrected chi connectivity index (χ3v) is 9.48. The molecule has 0 heterocycles. The number of carbonyl (C=O) groups is 2. The van der Waals surface area contributed by atoms with Gasteiger partial charge in [-0.1, -0.05) is 98.2 Å². The first kappa shape index (κ1) is 35.5. The van der Waals surface area contributed by atoms with Crippen LogP contribution in [0, 0.1) is 5.92 Å². The van der Waals surface area contributed by atoms with Gasteiger partial charge in [-0.05, 0) is 53.4 Å². The Hall–Kier alpha value is -4.35. The van der Waals surface area contributed by atoms with Gasteiger partial charge in [-0.15, -0.1) is 0 Å². The van der Waals surface area contributed by atoms with Crippen LogP contribution in [-0.2, 0) is 38.8 Å². The van der Waals surface area contributed by atoms with Crippen molar-refractivity contribution < 1.29 is 31.2 Å². The Labute approximate surface area is 278 Å². The first-order chi connectivity index (χ1) is 22.3. The summed E-state index contributed by atoms with van der Waals surface area (Å²) in [6, 6.07) is 25.5. The van der Waals surface area contributed by atoms with Crippen molar-refractivity contribution in [3.05, 3.63) is 131 Å². The smallest absolute Gasteiger partial charge is 0.354 e. The van der Waals surface area contributed by atoms with Crippen LogP contribution in [0.3, 0.4) is 0 Å². The summed E-state index contributed by atoms with van der Waals surface area (Å²) < 4.78 is 69.9. The van der Waals surface area contributed by atoms with E-state index >= 15 is 0 Å². The van der Waals surface area contributed by atoms with Gasteiger partial charge in [0.25, 0.3) is 10.0 Å². The quantitative estimate of drug-likeness (QED) is 0.165. The number of nitrogens with zero attached hydrogens (tertiary/aromatic N) is 2. The van der Waals surface area contributed by atoms with Crippen molar-refractivity contribution in [3.63, 3.8) is 0 Å². The van der Waals surface area contributed by atoms with E-state index in [1.807, 2.05) is 19.9 Å². The fourth-order valence-corrected chi connectivity index (χ4v) is 6.49. The molecule has 2 amide bonds. The molecule has 0 spiro atoms. The van der Waals surface area contributed by atoms with Crippen molar-refractivity contribution in [2.45, 2.75) is 43.9 Å². The summed E-state index contributed by atoms with van der Waals surface area (Å²) in [6.45, 7) is 3.08. The fourth-order valence-electron chi connectivity index (χ4n) is 4.87. The molecule has 4 rings (SSSR count). The van der Waals surface area contributed by atoms with Gasteiger partial charge in [0.1, 0.15) is 12.6 Å². The lowest BCUT2D eigenvalue weighted by atomic mass is 10.0. The van der Waals surface area contributed by atoms with Crippen molar-refractivity contribution in [1.29, 1.82) is 0 Å². The van der Waals surface area contributed by atoms with E-state index < -0.39 is 46.2 Å². The van der Waals surface area contributed by atoms with Crippen molar-refractivity contribution in [1.82, 2.24) is 10.2 Å². The molecule has 7 nitrogen and oxygen atoms in total. The molecule has 4 aromatic carbocycles. The number of rotatable bonds is 13. The molecule has 47 heavy (non-hydrogen) atoms. The third-order valence-electron chi connectivity index (χ3n) is 7.33. The van der Waals surface area contributed by atoms with E-state index in [0.717, 1.165) is 17.7 Å². The third kappa shape index (κ3) is 9.36. The summed E-state index contributed by atoms with van der Waals surface area (Å²) in [5.41, 5.74) is -0.216. The van der Waals surface area contributed by atoms with Crippen LogP contribution >= 0.6 is 11.6 Å². The number of amides is 2. The molecule has 0 radical (unpaired) electrons. The van der Waals surface area contributed by atoms with E-state index in [-0.39, 0.29) is 29.5 Å². The Kier molecular flexibility index (Phi) is 11.7. The first-order valence-corrected chi connectivity index (χ1v) is 16.7. The number of anilines is 1. The monoisotopic (exact) mass is 685 g/mol. The highest BCUT2D eigenvalue weighted by atomic mass is 35.5. The zero-order valence-electron chi connectivity index (χ0n) is 25.8. The molecule has 248 valence electrons. The van der Waals surface area contributed by atoms with Gasteiger partial charge < -0.3 is 10.2 Å². The van der Waals surface area contributed by atoms with Crippen LogP contribution in [0.15, 0.2) is 114 Å². The molecule has 0 aliphatic rings. The van der Waals surface area contributed by atoms with E-state index in [9.17, 15) is 31.2 Å². The molecule has 4 aromatic rings. The lowest BCUT2D eigenvalue weighted by molar-refractivity contribution is -0.140. The molecule has 0 saturated heterocycles. The summed E-state index contributed by atoms with van der Waals surface area (Å²) in [6.07, 6.45) is -4.69. The van der Waals surface area contributed by atoms with Crippen molar-refractivity contribution in [2.75, 3.05) is 17.4 Å². The highest BCUT2D eigenvalue weighted by molar-refractivity contribution is 7.92. The minimum absolute atomic E-state index is 0.0793. The number of halogens is 4. The summed E-state index contributed by atoms with van der Waals surface area (Å²) in [5.74, 6) is -1.20. The zero-order chi connectivity index (χ0) is 34.2. The molecule has 0 bridgehead atoms. The number of hydrogen-bond donors (Lipinski definition) is 1. The molecular weight excluding hydrogens is 651 g/mol. The molecule has 0 saturated carbocycles. The maximum Gasteiger partial charge on any atom is 0.416 e. The Morgan fingerprint density at radius 1 is 0.851 bits per heavy atom. The summed E-state index contributed by atoms with van der Waals surface area (Å²) in [5, 5.41) is 3.20. The summed E-state index contributed by atoms with van der Waals surface area (Å²) in [7, 11) is -4.56. The maximum atomic E-state index is 14.5. The van der Waals surface area contributed by atoms with Gasteiger partial charge in [-0.3, -0.25) is 13.9 Å². The molecule has 1 atom stereocenters. The van der Waals surface area contributed by atoms with Crippen LogP contribution in [0.5, 0.6) is 0 Å². The van der Waals surface area contributed by atoms with Crippen LogP contribution in [0.2, 0.25) is 5.02 Å². The van der Waals surface area contributed by atoms with Crippen LogP contribution < -0.4 is 9.62 Å². The minimum atomic E-state index is -4.77. The first-order valence-electron chi connectivity index (χ1n) is 14.9. The molecular formula is C35H35ClF3N3O4S. The van der Waals surface area contributed by atoms with Gasteiger partial charge in [-0.2, -0.15) is 13.2 Å². The molecule has 0 fully saturated rings. The van der Waals surface area contributed by atoms with Crippen molar-refractivity contribution in [3.8, 4) is 0 Å². The standard InChI is InChI=1S/C35H35ClF3N3O4S/c1-25(2)22-40-34(44)32(20-26-12-5-3-6-13-26)41(23-27-14-9-10-19-31(27)36)33(43)24-42(47(45,46)30-17-7-4-8-18-30)29-16-11-15-28(21-29)35(37,38)39/h3-19,21,25,32H,20,22-24H2,1-2H3,(H,40,44)/t32-/m1/s1. The number of nitrogens with one attached hydrogen (secondary N) is 1.